The lowest BCUT2D eigenvalue weighted by molar-refractivity contribution is -0.133. The average Bonchev–Trinajstić information content (AvgIpc) is 2.46. The van der Waals surface area contributed by atoms with Crippen molar-refractivity contribution in [3.63, 3.8) is 0 Å². The van der Waals surface area contributed by atoms with Crippen LogP contribution < -0.4 is 0 Å². The molecule has 1 aromatic rings. The van der Waals surface area contributed by atoms with E-state index in [4.69, 9.17) is 0 Å². The van der Waals surface area contributed by atoms with E-state index in [1.165, 1.54) is 12.0 Å². The molecule has 1 atom stereocenters. The van der Waals surface area contributed by atoms with E-state index in [2.05, 4.69) is 19.1 Å². The van der Waals surface area contributed by atoms with Crippen LogP contribution in [0.25, 0.3) is 0 Å². The van der Waals surface area contributed by atoms with Gasteiger partial charge in [-0.15, -0.1) is 0 Å². The molecule has 1 aromatic carbocycles. The maximum Gasteiger partial charge on any atom is 0.223 e. The first-order chi connectivity index (χ1) is 7.77. The van der Waals surface area contributed by atoms with Crippen LogP contribution in [0.3, 0.4) is 0 Å². The van der Waals surface area contributed by atoms with Crippen LogP contribution in [-0.4, -0.2) is 16.8 Å². The molecule has 1 fully saturated rings. The molecule has 2 heteroatoms. The van der Waals surface area contributed by atoms with Gasteiger partial charge in [0.25, 0.3) is 0 Å². The zero-order valence-corrected chi connectivity index (χ0v) is 9.86. The molecule has 0 aliphatic carbocycles. The number of hydrogen-bond donors (Lipinski definition) is 0. The molecule has 2 nitrogen and oxygen atoms in total. The number of hydrogen-bond acceptors (Lipinski definition) is 1. The SMILES string of the molecule is CC1CCCCC(=O)N1Cc1ccccc1. The maximum atomic E-state index is 12.0. The molecule has 86 valence electrons. The second-order valence-corrected chi connectivity index (χ2v) is 4.60. The normalized spacial score (nSPS) is 21.9. The van der Waals surface area contributed by atoms with E-state index in [-0.39, 0.29) is 0 Å². The van der Waals surface area contributed by atoms with E-state index in [9.17, 15) is 4.79 Å². The molecule has 0 saturated carbocycles. The van der Waals surface area contributed by atoms with Gasteiger partial charge in [-0.05, 0) is 25.3 Å². The summed E-state index contributed by atoms with van der Waals surface area (Å²) in [6.07, 6.45) is 4.09. The molecule has 2 rings (SSSR count). The fraction of sp³-hybridized carbons (Fsp3) is 0.500. The first-order valence-electron chi connectivity index (χ1n) is 6.11. The zero-order chi connectivity index (χ0) is 11.4. The molecule has 0 spiro atoms. The average molecular weight is 217 g/mol. The van der Waals surface area contributed by atoms with Crippen LogP contribution in [0.1, 0.15) is 38.2 Å². The third-order valence-corrected chi connectivity index (χ3v) is 3.31. The minimum Gasteiger partial charge on any atom is -0.336 e. The third-order valence-electron chi connectivity index (χ3n) is 3.31. The summed E-state index contributed by atoms with van der Waals surface area (Å²) in [5, 5.41) is 0. The van der Waals surface area contributed by atoms with E-state index in [1.807, 2.05) is 23.1 Å². The molecule has 1 aliphatic rings. The molecule has 1 amide bonds. The summed E-state index contributed by atoms with van der Waals surface area (Å²) in [5.41, 5.74) is 1.23. The number of nitrogens with zero attached hydrogens (tertiary/aromatic N) is 1. The number of carbonyl (C=O) groups is 1. The Labute approximate surface area is 97.3 Å². The van der Waals surface area contributed by atoms with Crippen molar-refractivity contribution in [1.82, 2.24) is 4.90 Å². The van der Waals surface area contributed by atoms with Gasteiger partial charge in [0.15, 0.2) is 0 Å². The molecule has 0 radical (unpaired) electrons. The Kier molecular flexibility index (Phi) is 3.60. The van der Waals surface area contributed by atoms with Gasteiger partial charge >= 0.3 is 0 Å². The quantitative estimate of drug-likeness (QED) is 0.745. The van der Waals surface area contributed by atoms with Gasteiger partial charge in [-0.25, -0.2) is 0 Å². The number of amides is 1. The summed E-state index contributed by atoms with van der Waals surface area (Å²) < 4.78 is 0. The lowest BCUT2D eigenvalue weighted by Gasteiger charge is -2.27. The van der Waals surface area contributed by atoms with Gasteiger partial charge in [-0.1, -0.05) is 36.8 Å². The van der Waals surface area contributed by atoms with E-state index in [0.29, 0.717) is 11.9 Å². The van der Waals surface area contributed by atoms with Crippen molar-refractivity contribution in [2.75, 3.05) is 0 Å². The Morgan fingerprint density at radius 2 is 2.00 bits per heavy atom. The van der Waals surface area contributed by atoms with Crippen molar-refractivity contribution in [3.05, 3.63) is 35.9 Å². The lowest BCUT2D eigenvalue weighted by atomic mass is 10.1. The van der Waals surface area contributed by atoms with Crippen molar-refractivity contribution < 1.29 is 4.79 Å². The lowest BCUT2D eigenvalue weighted by Crippen LogP contribution is -2.36. The second kappa shape index (κ2) is 5.15. The molecule has 0 N–H and O–H groups in total. The topological polar surface area (TPSA) is 20.3 Å². The Hall–Kier alpha value is -1.31. The highest BCUT2D eigenvalue weighted by atomic mass is 16.2. The van der Waals surface area contributed by atoms with Crippen LogP contribution in [0, 0.1) is 0 Å². The minimum absolute atomic E-state index is 0.314. The Morgan fingerprint density at radius 1 is 1.25 bits per heavy atom. The van der Waals surface area contributed by atoms with Crippen LogP contribution in [0.4, 0.5) is 0 Å². The van der Waals surface area contributed by atoms with E-state index in [1.54, 1.807) is 0 Å². The van der Waals surface area contributed by atoms with E-state index < -0.39 is 0 Å². The Balaban J connectivity index is 2.09. The molecule has 16 heavy (non-hydrogen) atoms. The maximum absolute atomic E-state index is 12.0. The predicted molar refractivity (Wildman–Crippen MR) is 64.9 cm³/mol. The molecule has 0 bridgehead atoms. The van der Waals surface area contributed by atoms with Crippen molar-refractivity contribution in [3.8, 4) is 0 Å². The summed E-state index contributed by atoms with van der Waals surface area (Å²) in [6, 6.07) is 10.6. The minimum atomic E-state index is 0.314. The first-order valence-corrected chi connectivity index (χ1v) is 6.11. The Bertz CT molecular complexity index is 347. The van der Waals surface area contributed by atoms with Crippen molar-refractivity contribution >= 4 is 5.91 Å². The van der Waals surface area contributed by atoms with Crippen LogP contribution in [0.5, 0.6) is 0 Å². The predicted octanol–water partition coefficient (Wildman–Crippen LogP) is 2.98. The van der Waals surface area contributed by atoms with Crippen LogP contribution in [-0.2, 0) is 11.3 Å². The van der Waals surface area contributed by atoms with Crippen LogP contribution in [0.15, 0.2) is 30.3 Å². The zero-order valence-electron chi connectivity index (χ0n) is 9.86. The molecule has 0 aromatic heterocycles. The summed E-state index contributed by atoms with van der Waals surface area (Å²) in [5.74, 6) is 0.314. The van der Waals surface area contributed by atoms with Crippen molar-refractivity contribution in [1.29, 1.82) is 0 Å². The number of carbonyl (C=O) groups excluding carboxylic acids is 1. The van der Waals surface area contributed by atoms with Crippen molar-refractivity contribution in [2.24, 2.45) is 0 Å². The van der Waals surface area contributed by atoms with E-state index >= 15 is 0 Å². The summed E-state index contributed by atoms with van der Waals surface area (Å²) >= 11 is 0. The molecular formula is C14H19NO. The standard InChI is InChI=1S/C14H19NO/c1-12-7-5-6-10-14(16)15(12)11-13-8-3-2-4-9-13/h2-4,8-9,12H,5-7,10-11H2,1H3. The van der Waals surface area contributed by atoms with Crippen LogP contribution >= 0.6 is 0 Å². The fourth-order valence-corrected chi connectivity index (χ4v) is 2.29. The first kappa shape index (κ1) is 11.2. The highest BCUT2D eigenvalue weighted by molar-refractivity contribution is 5.76. The monoisotopic (exact) mass is 217 g/mol. The number of benzene rings is 1. The number of likely N-dealkylation sites (tertiary alicyclic amines) is 1. The van der Waals surface area contributed by atoms with E-state index in [0.717, 1.165) is 25.8 Å². The molecule has 1 aliphatic heterocycles. The van der Waals surface area contributed by atoms with Gasteiger partial charge in [-0.2, -0.15) is 0 Å². The Morgan fingerprint density at radius 3 is 2.75 bits per heavy atom. The van der Waals surface area contributed by atoms with Gasteiger partial charge < -0.3 is 4.90 Å². The summed E-state index contributed by atoms with van der Waals surface area (Å²) in [4.78, 5) is 14.0. The summed E-state index contributed by atoms with van der Waals surface area (Å²) in [7, 11) is 0. The fourth-order valence-electron chi connectivity index (χ4n) is 2.29. The highest BCUT2D eigenvalue weighted by Gasteiger charge is 2.22. The molecular weight excluding hydrogens is 198 g/mol. The second-order valence-electron chi connectivity index (χ2n) is 4.60. The molecule has 1 heterocycles. The van der Waals surface area contributed by atoms with Gasteiger partial charge in [-0.3, -0.25) is 4.79 Å². The highest BCUT2D eigenvalue weighted by Crippen LogP contribution is 2.19. The third kappa shape index (κ3) is 2.63. The van der Waals surface area contributed by atoms with Gasteiger partial charge in [0.05, 0.1) is 0 Å². The smallest absolute Gasteiger partial charge is 0.223 e. The van der Waals surface area contributed by atoms with Gasteiger partial charge in [0, 0.05) is 19.0 Å². The number of rotatable bonds is 2. The van der Waals surface area contributed by atoms with Gasteiger partial charge in [0.1, 0.15) is 0 Å². The van der Waals surface area contributed by atoms with Crippen LogP contribution in [0.2, 0.25) is 0 Å². The van der Waals surface area contributed by atoms with Crippen molar-refractivity contribution in [2.45, 2.75) is 45.2 Å². The largest absolute Gasteiger partial charge is 0.336 e. The summed E-state index contributed by atoms with van der Waals surface area (Å²) in [6.45, 7) is 2.92. The molecule has 1 unspecified atom stereocenters. The van der Waals surface area contributed by atoms with Gasteiger partial charge in [0.2, 0.25) is 5.91 Å². The molecule has 1 saturated heterocycles.